The van der Waals surface area contributed by atoms with Gasteiger partial charge in [-0.15, -0.1) is 0 Å². The smallest absolute Gasteiger partial charge is 0.312 e. The highest BCUT2D eigenvalue weighted by Crippen LogP contribution is 2.13. The lowest BCUT2D eigenvalue weighted by Gasteiger charge is -2.05. The molecule has 80 valence electrons. The standard InChI is InChI=1S/C9H10BrN3O2/c10-6-1-3-7(4-2-6)13-8(14)5-12-9(11)15/h1-4H,5H2,(H,13,14)(H3,11,12,15). The van der Waals surface area contributed by atoms with E-state index < -0.39 is 6.03 Å². The van der Waals surface area contributed by atoms with Gasteiger partial charge >= 0.3 is 6.03 Å². The first-order valence-electron chi connectivity index (χ1n) is 4.16. The molecule has 1 aromatic carbocycles. The first-order chi connectivity index (χ1) is 7.08. The molecule has 0 bridgehead atoms. The van der Waals surface area contributed by atoms with Gasteiger partial charge in [-0.2, -0.15) is 0 Å². The SMILES string of the molecule is NC(=O)NCC(=O)Nc1ccc(Br)cc1. The monoisotopic (exact) mass is 271 g/mol. The van der Waals surface area contributed by atoms with Gasteiger partial charge in [0, 0.05) is 10.2 Å². The average molecular weight is 272 g/mol. The summed E-state index contributed by atoms with van der Waals surface area (Å²) in [4.78, 5) is 21.5. The van der Waals surface area contributed by atoms with Crippen LogP contribution in [0.5, 0.6) is 0 Å². The van der Waals surface area contributed by atoms with Gasteiger partial charge in [-0.1, -0.05) is 15.9 Å². The molecule has 1 aromatic rings. The number of rotatable bonds is 3. The molecular weight excluding hydrogens is 262 g/mol. The molecule has 3 amide bonds. The fourth-order valence-corrected chi connectivity index (χ4v) is 1.17. The zero-order valence-corrected chi connectivity index (χ0v) is 9.37. The number of nitrogens with one attached hydrogen (secondary N) is 2. The normalized spacial score (nSPS) is 9.40. The largest absolute Gasteiger partial charge is 0.352 e. The van der Waals surface area contributed by atoms with Crippen LogP contribution in [-0.4, -0.2) is 18.5 Å². The van der Waals surface area contributed by atoms with Crippen LogP contribution in [0.25, 0.3) is 0 Å². The summed E-state index contributed by atoms with van der Waals surface area (Å²) in [5, 5.41) is 4.79. The summed E-state index contributed by atoms with van der Waals surface area (Å²) in [5.41, 5.74) is 5.48. The molecule has 0 radical (unpaired) electrons. The van der Waals surface area contributed by atoms with Crippen LogP contribution < -0.4 is 16.4 Å². The Morgan fingerprint density at radius 1 is 1.27 bits per heavy atom. The third-order valence-corrected chi connectivity index (χ3v) is 2.08. The van der Waals surface area contributed by atoms with Crippen molar-refractivity contribution in [1.29, 1.82) is 0 Å². The van der Waals surface area contributed by atoms with Crippen molar-refractivity contribution < 1.29 is 9.59 Å². The highest BCUT2D eigenvalue weighted by molar-refractivity contribution is 9.10. The molecule has 4 N–H and O–H groups in total. The van der Waals surface area contributed by atoms with Gasteiger partial charge in [0.2, 0.25) is 5.91 Å². The first kappa shape index (κ1) is 11.5. The summed E-state index contributed by atoms with van der Waals surface area (Å²) in [6, 6.07) is 6.37. The summed E-state index contributed by atoms with van der Waals surface area (Å²) in [6.07, 6.45) is 0. The van der Waals surface area contributed by atoms with Gasteiger partial charge in [-0.25, -0.2) is 4.79 Å². The lowest BCUT2D eigenvalue weighted by atomic mass is 10.3. The van der Waals surface area contributed by atoms with Crippen LogP contribution in [0.1, 0.15) is 0 Å². The van der Waals surface area contributed by atoms with Crippen LogP contribution >= 0.6 is 15.9 Å². The molecule has 0 aliphatic rings. The van der Waals surface area contributed by atoms with Crippen LogP contribution in [0, 0.1) is 0 Å². The zero-order chi connectivity index (χ0) is 11.3. The molecule has 0 aliphatic carbocycles. The van der Waals surface area contributed by atoms with Gasteiger partial charge in [0.05, 0.1) is 6.54 Å². The van der Waals surface area contributed by atoms with Gasteiger partial charge in [0.15, 0.2) is 0 Å². The predicted molar refractivity (Wildman–Crippen MR) is 60.4 cm³/mol. The third-order valence-electron chi connectivity index (χ3n) is 1.55. The Balaban J connectivity index is 2.44. The quantitative estimate of drug-likeness (QED) is 0.768. The number of hydrogen-bond acceptors (Lipinski definition) is 2. The topological polar surface area (TPSA) is 84.2 Å². The number of anilines is 1. The van der Waals surface area contributed by atoms with Crippen LogP contribution in [-0.2, 0) is 4.79 Å². The van der Waals surface area contributed by atoms with Crippen LogP contribution in [0.4, 0.5) is 10.5 Å². The number of carbonyl (C=O) groups is 2. The molecule has 15 heavy (non-hydrogen) atoms. The maximum atomic E-state index is 11.2. The Kier molecular flexibility index (Phi) is 4.11. The van der Waals surface area contributed by atoms with E-state index in [2.05, 4.69) is 26.6 Å². The number of nitrogens with two attached hydrogens (primary N) is 1. The van der Waals surface area contributed by atoms with Gasteiger partial charge in [0.1, 0.15) is 0 Å². The van der Waals surface area contributed by atoms with Crippen LogP contribution in [0.3, 0.4) is 0 Å². The second kappa shape index (κ2) is 5.35. The van der Waals surface area contributed by atoms with Gasteiger partial charge < -0.3 is 16.4 Å². The lowest BCUT2D eigenvalue weighted by Crippen LogP contribution is -2.36. The van der Waals surface area contributed by atoms with E-state index in [1.165, 1.54) is 0 Å². The van der Waals surface area contributed by atoms with E-state index in [0.717, 1.165) is 4.47 Å². The van der Waals surface area contributed by atoms with E-state index in [9.17, 15) is 9.59 Å². The molecule has 0 saturated heterocycles. The van der Waals surface area contributed by atoms with Gasteiger partial charge in [0.25, 0.3) is 0 Å². The molecule has 6 heteroatoms. The molecule has 0 atom stereocenters. The summed E-state index contributed by atoms with van der Waals surface area (Å²) in [6.45, 7) is -0.134. The van der Waals surface area contributed by atoms with Crippen molar-refractivity contribution in [2.45, 2.75) is 0 Å². The van der Waals surface area contributed by atoms with Crippen molar-refractivity contribution in [3.05, 3.63) is 28.7 Å². The summed E-state index contributed by atoms with van der Waals surface area (Å²) >= 11 is 3.28. The Morgan fingerprint density at radius 2 is 1.87 bits per heavy atom. The lowest BCUT2D eigenvalue weighted by molar-refractivity contribution is -0.115. The molecular formula is C9H10BrN3O2. The van der Waals surface area contributed by atoms with E-state index >= 15 is 0 Å². The Hall–Kier alpha value is -1.56. The Bertz CT molecular complexity index is 364. The Morgan fingerprint density at radius 3 is 2.40 bits per heavy atom. The molecule has 0 spiro atoms. The minimum absolute atomic E-state index is 0.134. The minimum atomic E-state index is -0.721. The van der Waals surface area contributed by atoms with Crippen LogP contribution in [0.15, 0.2) is 28.7 Å². The second-order valence-electron chi connectivity index (χ2n) is 2.77. The molecule has 1 rings (SSSR count). The number of halogens is 1. The van der Waals surface area contributed by atoms with E-state index in [1.54, 1.807) is 24.3 Å². The summed E-state index contributed by atoms with van der Waals surface area (Å²) in [7, 11) is 0. The van der Waals surface area contributed by atoms with Crippen molar-refractivity contribution in [3.8, 4) is 0 Å². The zero-order valence-electron chi connectivity index (χ0n) is 7.79. The predicted octanol–water partition coefficient (Wildman–Crippen LogP) is 1.06. The highest BCUT2D eigenvalue weighted by Gasteiger charge is 2.02. The molecule has 0 saturated carbocycles. The first-order valence-corrected chi connectivity index (χ1v) is 4.96. The third kappa shape index (κ3) is 4.46. The van der Waals surface area contributed by atoms with Crippen molar-refractivity contribution in [3.63, 3.8) is 0 Å². The summed E-state index contributed by atoms with van der Waals surface area (Å²) < 4.78 is 0.927. The van der Waals surface area contributed by atoms with Gasteiger partial charge in [-0.3, -0.25) is 4.79 Å². The van der Waals surface area contributed by atoms with Crippen molar-refractivity contribution in [2.75, 3.05) is 11.9 Å². The fraction of sp³-hybridized carbons (Fsp3) is 0.111. The molecule has 0 unspecified atom stereocenters. The molecule has 0 aliphatic heterocycles. The number of hydrogen-bond donors (Lipinski definition) is 3. The maximum Gasteiger partial charge on any atom is 0.312 e. The maximum absolute atomic E-state index is 11.2. The Labute approximate surface area is 95.2 Å². The van der Waals surface area contributed by atoms with Crippen molar-refractivity contribution >= 4 is 33.6 Å². The minimum Gasteiger partial charge on any atom is -0.352 e. The average Bonchev–Trinajstić information content (AvgIpc) is 2.19. The van der Waals surface area contributed by atoms with E-state index in [-0.39, 0.29) is 12.5 Å². The van der Waals surface area contributed by atoms with Crippen molar-refractivity contribution in [1.82, 2.24) is 5.32 Å². The number of benzene rings is 1. The van der Waals surface area contributed by atoms with E-state index in [0.29, 0.717) is 5.69 Å². The highest BCUT2D eigenvalue weighted by atomic mass is 79.9. The molecule has 0 fully saturated rings. The van der Waals surface area contributed by atoms with E-state index in [1.807, 2.05) is 0 Å². The molecule has 0 heterocycles. The summed E-state index contributed by atoms with van der Waals surface area (Å²) in [5.74, 6) is -0.323. The van der Waals surface area contributed by atoms with Crippen LogP contribution in [0.2, 0.25) is 0 Å². The van der Waals surface area contributed by atoms with E-state index in [4.69, 9.17) is 5.73 Å². The molecule has 5 nitrogen and oxygen atoms in total. The molecule has 0 aromatic heterocycles. The fourth-order valence-electron chi connectivity index (χ4n) is 0.906. The second-order valence-corrected chi connectivity index (χ2v) is 3.69. The number of primary amides is 1. The van der Waals surface area contributed by atoms with Crippen molar-refractivity contribution in [2.24, 2.45) is 5.73 Å². The number of urea groups is 1. The van der Waals surface area contributed by atoms with Gasteiger partial charge in [-0.05, 0) is 24.3 Å². The number of amides is 3. The number of carbonyl (C=O) groups excluding carboxylic acids is 2.